The Hall–Kier alpha value is -3.19. The first kappa shape index (κ1) is 23.5. The van der Waals surface area contributed by atoms with Gasteiger partial charge in [0, 0.05) is 37.8 Å². The van der Waals surface area contributed by atoms with Gasteiger partial charge in [0.1, 0.15) is 0 Å². The van der Waals surface area contributed by atoms with E-state index in [-0.39, 0.29) is 34.5 Å². The molecular weight excluding hydrogens is 476 g/mol. The lowest BCUT2D eigenvalue weighted by Crippen LogP contribution is -2.37. The monoisotopic (exact) mass is 502 g/mol. The standard InChI is InChI=1S/C23H26N4O7S/c28-22-18-15-17(27(30)31)7-8-21(18)35(32,33)25(22)12-4-3-11-24-13-9-16(10-14-24)26-19-5-1-2-6-20(19)34-23(26)29/h1-2,5-8,15-16,32-33H,3-4,9-14H2. The minimum atomic E-state index is -3.49. The maximum atomic E-state index is 12.7. The summed E-state index contributed by atoms with van der Waals surface area (Å²) in [5.74, 6) is -0.924. The van der Waals surface area contributed by atoms with Gasteiger partial charge in [-0.05, 0) is 50.4 Å². The molecule has 12 heteroatoms. The van der Waals surface area contributed by atoms with Crippen molar-refractivity contribution in [2.45, 2.75) is 36.6 Å². The number of benzene rings is 2. The van der Waals surface area contributed by atoms with E-state index in [0.717, 1.165) is 54.8 Å². The molecule has 5 rings (SSSR count). The molecule has 2 aliphatic heterocycles. The van der Waals surface area contributed by atoms with E-state index in [1.165, 1.54) is 12.1 Å². The van der Waals surface area contributed by atoms with Gasteiger partial charge in [-0.25, -0.2) is 9.10 Å². The van der Waals surface area contributed by atoms with E-state index in [1.54, 1.807) is 10.6 Å². The average molecular weight is 503 g/mol. The van der Waals surface area contributed by atoms with Crippen LogP contribution in [0.3, 0.4) is 0 Å². The van der Waals surface area contributed by atoms with E-state index in [1.807, 2.05) is 18.2 Å². The molecule has 2 aliphatic rings. The van der Waals surface area contributed by atoms with E-state index >= 15 is 0 Å². The molecule has 186 valence electrons. The molecule has 35 heavy (non-hydrogen) atoms. The smallest absolute Gasteiger partial charge is 0.408 e. The molecule has 0 radical (unpaired) electrons. The van der Waals surface area contributed by atoms with Gasteiger partial charge in [-0.15, -0.1) is 0 Å². The maximum absolute atomic E-state index is 12.7. The largest absolute Gasteiger partial charge is 0.420 e. The third kappa shape index (κ3) is 4.22. The van der Waals surface area contributed by atoms with Gasteiger partial charge in [-0.2, -0.15) is 0 Å². The molecule has 1 fully saturated rings. The van der Waals surface area contributed by atoms with Crippen molar-refractivity contribution in [3.05, 3.63) is 68.7 Å². The van der Waals surface area contributed by atoms with E-state index in [9.17, 15) is 28.8 Å². The number of amides is 1. The topological polar surface area (TPSA) is 142 Å². The molecule has 0 unspecified atom stereocenters. The van der Waals surface area contributed by atoms with E-state index in [0.29, 0.717) is 12.0 Å². The lowest BCUT2D eigenvalue weighted by atomic mass is 10.0. The second-order valence-electron chi connectivity index (χ2n) is 8.85. The van der Waals surface area contributed by atoms with Crippen molar-refractivity contribution in [3.63, 3.8) is 0 Å². The molecule has 1 aromatic heterocycles. The average Bonchev–Trinajstić information content (AvgIpc) is 3.27. The van der Waals surface area contributed by atoms with Crippen LogP contribution >= 0.6 is 10.8 Å². The van der Waals surface area contributed by atoms with Gasteiger partial charge in [-0.1, -0.05) is 22.9 Å². The summed E-state index contributed by atoms with van der Waals surface area (Å²) in [4.78, 5) is 37.8. The second kappa shape index (κ2) is 9.11. The lowest BCUT2D eigenvalue weighted by molar-refractivity contribution is -0.384. The highest BCUT2D eigenvalue weighted by Gasteiger charge is 2.42. The third-order valence-electron chi connectivity index (χ3n) is 6.76. The van der Waals surface area contributed by atoms with Gasteiger partial charge in [-0.3, -0.25) is 28.6 Å². The zero-order valence-corrected chi connectivity index (χ0v) is 19.7. The van der Waals surface area contributed by atoms with E-state index < -0.39 is 21.6 Å². The Balaban J connectivity index is 1.13. The number of hydrogen-bond acceptors (Lipinski definition) is 8. The number of nitrogens with zero attached hydrogens (tertiary/aromatic N) is 4. The molecule has 0 saturated carbocycles. The summed E-state index contributed by atoms with van der Waals surface area (Å²) in [7, 11) is -3.49. The Morgan fingerprint density at radius 2 is 1.77 bits per heavy atom. The van der Waals surface area contributed by atoms with Crippen LogP contribution in [0, 0.1) is 10.1 Å². The summed E-state index contributed by atoms with van der Waals surface area (Å²) in [5, 5.41) is 11.0. The van der Waals surface area contributed by atoms with Gasteiger partial charge in [0.25, 0.3) is 11.6 Å². The number of unbranched alkanes of at least 4 members (excludes halogenated alkanes) is 1. The fourth-order valence-electron chi connectivity index (χ4n) is 4.96. The SMILES string of the molecule is O=C1c2cc([N+](=O)[O-])ccc2S(O)(O)N1CCCCN1CCC(n2c(=O)oc3ccccc32)CC1. The molecule has 3 heterocycles. The molecule has 0 spiro atoms. The van der Waals surface area contributed by atoms with Crippen LogP contribution in [-0.2, 0) is 0 Å². The summed E-state index contributed by atoms with van der Waals surface area (Å²) >= 11 is 0. The fraction of sp³-hybridized carbons (Fsp3) is 0.391. The minimum absolute atomic E-state index is 0.0247. The molecule has 2 aromatic carbocycles. The molecule has 11 nitrogen and oxygen atoms in total. The Bertz CT molecular complexity index is 1340. The molecule has 3 aromatic rings. The van der Waals surface area contributed by atoms with Crippen LogP contribution in [0.25, 0.3) is 11.1 Å². The maximum Gasteiger partial charge on any atom is 0.420 e. The number of likely N-dealkylation sites (tertiary alicyclic amines) is 1. The number of non-ortho nitro benzene ring substituents is 1. The summed E-state index contributed by atoms with van der Waals surface area (Å²) in [6, 6.07) is 11.0. The van der Waals surface area contributed by atoms with Gasteiger partial charge in [0.05, 0.1) is 20.9 Å². The second-order valence-corrected chi connectivity index (χ2v) is 10.8. The Kier molecular flexibility index (Phi) is 6.13. The minimum Gasteiger partial charge on any atom is -0.408 e. The van der Waals surface area contributed by atoms with Crippen LogP contribution in [0.4, 0.5) is 5.69 Å². The summed E-state index contributed by atoms with van der Waals surface area (Å²) in [6.07, 6.45) is 2.95. The summed E-state index contributed by atoms with van der Waals surface area (Å²) < 4.78 is 29.3. The molecule has 1 saturated heterocycles. The van der Waals surface area contributed by atoms with Crippen molar-refractivity contribution in [1.29, 1.82) is 0 Å². The van der Waals surface area contributed by atoms with E-state index in [4.69, 9.17) is 4.42 Å². The number of rotatable bonds is 7. The predicted octanol–water partition coefficient (Wildman–Crippen LogP) is 4.10. The van der Waals surface area contributed by atoms with Crippen molar-refractivity contribution in [3.8, 4) is 0 Å². The number of carbonyl (C=O) groups is 1. The van der Waals surface area contributed by atoms with Crippen molar-refractivity contribution < 1.29 is 23.2 Å². The van der Waals surface area contributed by atoms with Crippen LogP contribution in [0.2, 0.25) is 0 Å². The number of hydrogen-bond donors (Lipinski definition) is 2. The van der Waals surface area contributed by atoms with Crippen LogP contribution in [0.1, 0.15) is 42.1 Å². The lowest BCUT2D eigenvalue weighted by Gasteiger charge is -2.37. The van der Waals surface area contributed by atoms with Gasteiger partial charge >= 0.3 is 5.76 Å². The van der Waals surface area contributed by atoms with Crippen molar-refractivity contribution in [2.75, 3.05) is 26.2 Å². The predicted molar refractivity (Wildman–Crippen MR) is 130 cm³/mol. The van der Waals surface area contributed by atoms with Gasteiger partial charge < -0.3 is 9.32 Å². The fourth-order valence-corrected chi connectivity index (χ4v) is 6.60. The van der Waals surface area contributed by atoms with Crippen LogP contribution in [-0.4, -0.2) is 59.9 Å². The first-order valence-electron chi connectivity index (χ1n) is 11.5. The summed E-state index contributed by atoms with van der Waals surface area (Å²) in [5.41, 5.74) is 1.13. The van der Waals surface area contributed by atoms with Crippen LogP contribution in [0.15, 0.2) is 56.6 Å². The van der Waals surface area contributed by atoms with Crippen LogP contribution < -0.4 is 5.76 Å². The highest BCUT2D eigenvalue weighted by molar-refractivity contribution is 8.23. The number of nitro benzene ring substituents is 1. The first-order chi connectivity index (χ1) is 16.8. The van der Waals surface area contributed by atoms with Crippen molar-refractivity contribution >= 4 is 33.5 Å². The zero-order valence-electron chi connectivity index (χ0n) is 18.9. The molecule has 0 aliphatic carbocycles. The highest BCUT2D eigenvalue weighted by atomic mass is 32.3. The molecule has 0 bridgehead atoms. The van der Waals surface area contributed by atoms with E-state index in [2.05, 4.69) is 4.90 Å². The van der Waals surface area contributed by atoms with Gasteiger partial charge in [0.2, 0.25) is 0 Å². The number of piperidine rings is 1. The zero-order chi connectivity index (χ0) is 24.7. The number of nitro groups is 1. The Morgan fingerprint density at radius 1 is 1.06 bits per heavy atom. The van der Waals surface area contributed by atoms with Crippen LogP contribution in [0.5, 0.6) is 0 Å². The number of aromatic nitrogens is 1. The molecule has 2 N–H and O–H groups in total. The highest BCUT2D eigenvalue weighted by Crippen LogP contribution is 2.58. The number of fused-ring (bicyclic) bond motifs is 2. The Morgan fingerprint density at radius 3 is 2.51 bits per heavy atom. The summed E-state index contributed by atoms with van der Waals surface area (Å²) in [6.45, 7) is 2.58. The number of carbonyl (C=O) groups excluding carboxylic acids is 1. The first-order valence-corrected chi connectivity index (χ1v) is 13.0. The van der Waals surface area contributed by atoms with Crippen molar-refractivity contribution in [1.82, 2.24) is 13.8 Å². The normalized spacial score (nSPS) is 19.3. The number of oxazole rings is 1. The van der Waals surface area contributed by atoms with Gasteiger partial charge in [0.15, 0.2) is 5.58 Å². The van der Waals surface area contributed by atoms with Crippen molar-refractivity contribution in [2.24, 2.45) is 0 Å². The Labute approximate surface area is 202 Å². The quantitative estimate of drug-likeness (QED) is 0.279. The molecular formula is C23H26N4O7S. The number of para-hydroxylation sites is 2. The molecule has 1 amide bonds. The third-order valence-corrected chi connectivity index (χ3v) is 8.67. The molecule has 0 atom stereocenters.